The van der Waals surface area contributed by atoms with Crippen LogP contribution in [0, 0.1) is 5.82 Å². The monoisotopic (exact) mass is 284 g/mol. The standard InChI is InChI=1S/C14H14ClFOS/c1-2-9-5-6-18-14(9)13(17)8-10-7-11(15)3-4-12(10)16/h3-7,13,17H,2,8H2,1H3. The minimum atomic E-state index is -0.673. The number of benzene rings is 1. The second-order valence-corrected chi connectivity index (χ2v) is 5.50. The lowest BCUT2D eigenvalue weighted by atomic mass is 10.0. The van der Waals surface area contributed by atoms with Crippen LogP contribution in [0.25, 0.3) is 0 Å². The molecule has 0 aliphatic heterocycles. The quantitative estimate of drug-likeness (QED) is 0.883. The third kappa shape index (κ3) is 2.91. The first-order valence-corrected chi connectivity index (χ1v) is 7.05. The molecule has 0 saturated heterocycles. The van der Waals surface area contributed by atoms with E-state index in [1.807, 2.05) is 18.4 Å². The van der Waals surface area contributed by atoms with Gasteiger partial charge in [-0.15, -0.1) is 11.3 Å². The highest BCUT2D eigenvalue weighted by Gasteiger charge is 2.16. The Labute approximate surface area is 115 Å². The maximum absolute atomic E-state index is 13.6. The van der Waals surface area contributed by atoms with Crippen LogP contribution in [0.4, 0.5) is 4.39 Å². The molecule has 0 spiro atoms. The first kappa shape index (κ1) is 13.5. The zero-order valence-corrected chi connectivity index (χ0v) is 11.6. The molecule has 0 aliphatic carbocycles. The molecule has 1 aromatic heterocycles. The number of aliphatic hydroxyl groups excluding tert-OH is 1. The Morgan fingerprint density at radius 3 is 2.83 bits per heavy atom. The highest BCUT2D eigenvalue weighted by Crippen LogP contribution is 2.29. The summed E-state index contributed by atoms with van der Waals surface area (Å²) < 4.78 is 13.6. The average Bonchev–Trinajstić information content (AvgIpc) is 2.82. The maximum Gasteiger partial charge on any atom is 0.126 e. The second-order valence-electron chi connectivity index (χ2n) is 4.12. The van der Waals surface area contributed by atoms with Crippen molar-refractivity contribution in [1.29, 1.82) is 0 Å². The summed E-state index contributed by atoms with van der Waals surface area (Å²) in [5.74, 6) is -0.326. The molecule has 0 fully saturated rings. The van der Waals surface area contributed by atoms with Gasteiger partial charge in [-0.25, -0.2) is 4.39 Å². The zero-order valence-electron chi connectivity index (χ0n) is 9.99. The predicted molar refractivity (Wildman–Crippen MR) is 73.8 cm³/mol. The molecule has 1 atom stereocenters. The third-order valence-corrected chi connectivity index (χ3v) is 4.18. The van der Waals surface area contributed by atoms with E-state index in [2.05, 4.69) is 0 Å². The summed E-state index contributed by atoms with van der Waals surface area (Å²) >= 11 is 7.34. The van der Waals surface area contributed by atoms with E-state index in [1.165, 1.54) is 23.5 Å². The van der Waals surface area contributed by atoms with Crippen LogP contribution in [0.2, 0.25) is 5.02 Å². The van der Waals surface area contributed by atoms with Crippen LogP contribution >= 0.6 is 22.9 Å². The van der Waals surface area contributed by atoms with E-state index in [9.17, 15) is 9.50 Å². The highest BCUT2D eigenvalue weighted by molar-refractivity contribution is 7.10. The molecule has 4 heteroatoms. The van der Waals surface area contributed by atoms with Crippen LogP contribution in [0.3, 0.4) is 0 Å². The van der Waals surface area contributed by atoms with Crippen LogP contribution in [-0.4, -0.2) is 5.11 Å². The van der Waals surface area contributed by atoms with E-state index in [0.29, 0.717) is 10.6 Å². The minimum Gasteiger partial charge on any atom is -0.387 e. The minimum absolute atomic E-state index is 0.250. The van der Waals surface area contributed by atoms with Gasteiger partial charge in [-0.3, -0.25) is 0 Å². The van der Waals surface area contributed by atoms with Crippen molar-refractivity contribution in [2.75, 3.05) is 0 Å². The smallest absolute Gasteiger partial charge is 0.126 e. The first-order chi connectivity index (χ1) is 8.61. The Morgan fingerprint density at radius 1 is 1.33 bits per heavy atom. The van der Waals surface area contributed by atoms with Crippen LogP contribution in [0.15, 0.2) is 29.6 Å². The normalized spacial score (nSPS) is 12.7. The number of halogens is 2. The van der Waals surface area contributed by atoms with Gasteiger partial charge in [0, 0.05) is 16.3 Å². The fourth-order valence-electron chi connectivity index (χ4n) is 1.93. The summed E-state index contributed by atoms with van der Waals surface area (Å²) in [5, 5.41) is 12.6. The number of aliphatic hydroxyl groups is 1. The van der Waals surface area contributed by atoms with E-state index < -0.39 is 6.10 Å². The van der Waals surface area contributed by atoms with E-state index >= 15 is 0 Å². The summed E-state index contributed by atoms with van der Waals surface area (Å²) in [4.78, 5) is 0.914. The topological polar surface area (TPSA) is 20.2 Å². The summed E-state index contributed by atoms with van der Waals surface area (Å²) in [6.07, 6.45) is 0.446. The number of hydrogen-bond donors (Lipinski definition) is 1. The molecule has 1 nitrogen and oxygen atoms in total. The fraction of sp³-hybridized carbons (Fsp3) is 0.286. The van der Waals surface area contributed by atoms with Gasteiger partial charge in [-0.1, -0.05) is 18.5 Å². The van der Waals surface area contributed by atoms with E-state index in [-0.39, 0.29) is 12.2 Å². The number of thiophene rings is 1. The molecule has 1 unspecified atom stereocenters. The molecule has 0 bridgehead atoms. The van der Waals surface area contributed by atoms with Crippen molar-refractivity contribution < 1.29 is 9.50 Å². The second kappa shape index (κ2) is 5.83. The number of rotatable bonds is 4. The Bertz CT molecular complexity index is 538. The Hall–Kier alpha value is -0.900. The van der Waals surface area contributed by atoms with Crippen molar-refractivity contribution in [2.24, 2.45) is 0 Å². The Balaban J connectivity index is 2.21. The van der Waals surface area contributed by atoms with Crippen LogP contribution in [-0.2, 0) is 12.8 Å². The lowest BCUT2D eigenvalue weighted by Gasteiger charge is -2.12. The van der Waals surface area contributed by atoms with Crippen molar-refractivity contribution in [3.05, 3.63) is 56.5 Å². The molecule has 0 radical (unpaired) electrons. The Morgan fingerprint density at radius 2 is 2.11 bits per heavy atom. The van der Waals surface area contributed by atoms with Gasteiger partial charge in [0.25, 0.3) is 0 Å². The van der Waals surface area contributed by atoms with Gasteiger partial charge in [0.2, 0.25) is 0 Å². The molecule has 1 aromatic carbocycles. The summed E-state index contributed by atoms with van der Waals surface area (Å²) in [6, 6.07) is 6.41. The molecule has 1 N–H and O–H groups in total. The van der Waals surface area contributed by atoms with Gasteiger partial charge < -0.3 is 5.11 Å². The van der Waals surface area contributed by atoms with Crippen LogP contribution in [0.5, 0.6) is 0 Å². The molecule has 96 valence electrons. The third-order valence-electron chi connectivity index (χ3n) is 2.89. The van der Waals surface area contributed by atoms with Crippen molar-refractivity contribution in [3.8, 4) is 0 Å². The molecule has 2 aromatic rings. The maximum atomic E-state index is 13.6. The molecule has 0 saturated carbocycles. The first-order valence-electron chi connectivity index (χ1n) is 5.80. The van der Waals surface area contributed by atoms with Gasteiger partial charge in [0.05, 0.1) is 6.10 Å². The lowest BCUT2D eigenvalue weighted by Crippen LogP contribution is -2.04. The zero-order chi connectivity index (χ0) is 13.1. The average molecular weight is 285 g/mol. The van der Waals surface area contributed by atoms with Gasteiger partial charge in [-0.2, -0.15) is 0 Å². The van der Waals surface area contributed by atoms with Crippen molar-refractivity contribution >= 4 is 22.9 Å². The van der Waals surface area contributed by atoms with Gasteiger partial charge in [0.15, 0.2) is 0 Å². The summed E-state index contributed by atoms with van der Waals surface area (Å²) in [7, 11) is 0. The van der Waals surface area contributed by atoms with E-state index in [4.69, 9.17) is 11.6 Å². The molecule has 0 aliphatic rings. The van der Waals surface area contributed by atoms with Crippen LogP contribution in [0.1, 0.15) is 29.0 Å². The SMILES string of the molecule is CCc1ccsc1C(O)Cc1cc(Cl)ccc1F. The van der Waals surface area contributed by atoms with Gasteiger partial charge in [-0.05, 0) is 47.2 Å². The van der Waals surface area contributed by atoms with Crippen molar-refractivity contribution in [3.63, 3.8) is 0 Å². The highest BCUT2D eigenvalue weighted by atomic mass is 35.5. The summed E-state index contributed by atoms with van der Waals surface area (Å²) in [5.41, 5.74) is 1.57. The summed E-state index contributed by atoms with van der Waals surface area (Å²) in [6.45, 7) is 2.04. The van der Waals surface area contributed by atoms with Crippen LogP contribution < -0.4 is 0 Å². The van der Waals surface area contributed by atoms with Crippen molar-refractivity contribution in [2.45, 2.75) is 25.9 Å². The predicted octanol–water partition coefficient (Wildman–Crippen LogP) is 4.38. The molecule has 1 heterocycles. The molecule has 0 amide bonds. The molecular formula is C14H14ClFOS. The largest absolute Gasteiger partial charge is 0.387 e. The van der Waals surface area contributed by atoms with Gasteiger partial charge >= 0.3 is 0 Å². The van der Waals surface area contributed by atoms with E-state index in [1.54, 1.807) is 6.07 Å². The molecule has 2 rings (SSSR count). The number of aryl methyl sites for hydroxylation is 1. The Kier molecular flexibility index (Phi) is 4.38. The van der Waals surface area contributed by atoms with Gasteiger partial charge in [0.1, 0.15) is 5.82 Å². The van der Waals surface area contributed by atoms with E-state index in [0.717, 1.165) is 16.9 Å². The fourth-order valence-corrected chi connectivity index (χ4v) is 3.11. The molecular weight excluding hydrogens is 271 g/mol. The number of hydrogen-bond acceptors (Lipinski definition) is 2. The lowest BCUT2D eigenvalue weighted by molar-refractivity contribution is 0.180. The van der Waals surface area contributed by atoms with Crippen molar-refractivity contribution in [1.82, 2.24) is 0 Å². The molecule has 18 heavy (non-hydrogen) atoms.